The summed E-state index contributed by atoms with van der Waals surface area (Å²) in [7, 11) is -16.3. The van der Waals surface area contributed by atoms with E-state index in [0.29, 0.717) is 0 Å². The lowest BCUT2D eigenvalue weighted by Crippen LogP contribution is -2.36. The number of anilines is 1. The molecule has 1 aliphatic heterocycles. The van der Waals surface area contributed by atoms with E-state index in [9.17, 15) is 43.4 Å². The van der Waals surface area contributed by atoms with Crippen molar-refractivity contribution in [1.29, 1.82) is 0 Å². The summed E-state index contributed by atoms with van der Waals surface area (Å²) < 4.78 is 49.7. The number of phosphoric ester groups is 1. The van der Waals surface area contributed by atoms with E-state index in [4.69, 9.17) is 9.63 Å². The molecule has 17 nitrogen and oxygen atoms in total. The average Bonchev–Trinajstić information content (AvgIpc) is 2.85. The van der Waals surface area contributed by atoms with Gasteiger partial charge in [0.05, 0.1) is 6.61 Å². The molecule has 4 unspecified atom stereocenters. The zero-order chi connectivity index (χ0) is 22.9. The van der Waals surface area contributed by atoms with Crippen LogP contribution >= 0.6 is 23.5 Å². The molecule has 1 aromatic heterocycles. The second-order valence-electron chi connectivity index (χ2n) is 5.62. The maximum atomic E-state index is 12.0. The minimum Gasteiger partial charge on any atom is -0.756 e. The van der Waals surface area contributed by atoms with Crippen molar-refractivity contribution in [2.75, 3.05) is 19.0 Å². The fourth-order valence-electron chi connectivity index (χ4n) is 2.29. The van der Waals surface area contributed by atoms with Crippen LogP contribution in [-0.4, -0.2) is 56.6 Å². The van der Waals surface area contributed by atoms with E-state index >= 15 is 0 Å². The molecule has 7 atom stereocenters. The molecule has 1 fully saturated rings. The Bertz CT molecular complexity index is 963. The van der Waals surface area contributed by atoms with Crippen LogP contribution in [0.1, 0.15) is 6.23 Å². The van der Waals surface area contributed by atoms with Gasteiger partial charge in [0.25, 0.3) is 23.5 Å². The van der Waals surface area contributed by atoms with Gasteiger partial charge < -0.3 is 44.4 Å². The largest absolute Gasteiger partial charge is 0.756 e. The van der Waals surface area contributed by atoms with E-state index in [1.807, 2.05) is 0 Å². The number of hydrogen-bond donors (Lipinski definition) is 4. The second kappa shape index (κ2) is 9.22. The first-order valence-corrected chi connectivity index (χ1v) is 12.1. The quantitative estimate of drug-likeness (QED) is 0.241. The molecule has 1 saturated heterocycles. The molecule has 0 amide bonds. The molecule has 2 rings (SSSR count). The lowest BCUT2D eigenvalue weighted by Gasteiger charge is -2.33. The van der Waals surface area contributed by atoms with E-state index in [0.717, 1.165) is 4.57 Å². The van der Waals surface area contributed by atoms with Crippen LogP contribution in [0, 0.1) is 0 Å². The minimum absolute atomic E-state index is 0.198. The molecule has 0 aromatic carbocycles. The SMILES string of the molecule is CNc1ccn([C@@H]2O[C@H](COP(=O)([O-])OP(=O)([O-])OP(=O)([O-])O)C(O)[C@@H]2O)c(=O)n1. The van der Waals surface area contributed by atoms with E-state index in [-0.39, 0.29) is 5.82 Å². The Morgan fingerprint density at radius 3 is 2.37 bits per heavy atom. The highest BCUT2D eigenvalue weighted by Crippen LogP contribution is 2.61. The minimum atomic E-state index is -6.09. The van der Waals surface area contributed by atoms with Crippen LogP contribution in [0.5, 0.6) is 0 Å². The molecule has 172 valence electrons. The molecule has 0 bridgehead atoms. The molecule has 4 N–H and O–H groups in total. The number of aliphatic hydroxyl groups is 2. The summed E-state index contributed by atoms with van der Waals surface area (Å²) in [6, 6.07) is 1.34. The highest BCUT2D eigenvalue weighted by Gasteiger charge is 2.44. The van der Waals surface area contributed by atoms with Gasteiger partial charge in [0.1, 0.15) is 24.1 Å². The van der Waals surface area contributed by atoms with Crippen molar-refractivity contribution in [2.24, 2.45) is 0 Å². The van der Waals surface area contributed by atoms with Gasteiger partial charge in [0.15, 0.2) is 6.23 Å². The Morgan fingerprint density at radius 1 is 1.20 bits per heavy atom. The van der Waals surface area contributed by atoms with Crippen molar-refractivity contribution in [3.05, 3.63) is 22.7 Å². The van der Waals surface area contributed by atoms with E-state index in [2.05, 4.69) is 23.4 Å². The summed E-state index contributed by atoms with van der Waals surface area (Å²) in [4.78, 5) is 56.9. The molecular formula is C10H15N3O14P3-3. The maximum Gasteiger partial charge on any atom is 0.351 e. The van der Waals surface area contributed by atoms with Gasteiger partial charge >= 0.3 is 5.69 Å². The average molecular weight is 494 g/mol. The molecule has 20 heteroatoms. The topological polar surface area (TPSA) is 265 Å². The molecule has 0 spiro atoms. The Morgan fingerprint density at radius 2 is 1.83 bits per heavy atom. The highest BCUT2D eigenvalue weighted by atomic mass is 31.3. The molecule has 1 aromatic rings. The fraction of sp³-hybridized carbons (Fsp3) is 0.600. The smallest absolute Gasteiger partial charge is 0.351 e. The predicted molar refractivity (Wildman–Crippen MR) is 87.1 cm³/mol. The summed E-state index contributed by atoms with van der Waals surface area (Å²) in [5.41, 5.74) is -0.881. The summed E-state index contributed by atoms with van der Waals surface area (Å²) in [6.45, 7) is -1.11. The zero-order valence-corrected chi connectivity index (χ0v) is 17.4. The van der Waals surface area contributed by atoms with Crippen LogP contribution in [0.2, 0.25) is 0 Å². The van der Waals surface area contributed by atoms with Gasteiger partial charge in [-0.25, -0.2) is 13.4 Å². The van der Waals surface area contributed by atoms with E-state index in [1.54, 1.807) is 0 Å². The number of hydrogen-bond acceptors (Lipinski definition) is 15. The van der Waals surface area contributed by atoms with Gasteiger partial charge in [-0.2, -0.15) is 4.98 Å². The third-order valence-electron chi connectivity index (χ3n) is 3.50. The summed E-state index contributed by atoms with van der Waals surface area (Å²) >= 11 is 0. The van der Waals surface area contributed by atoms with Crippen LogP contribution in [0.3, 0.4) is 0 Å². The molecule has 30 heavy (non-hydrogen) atoms. The van der Waals surface area contributed by atoms with Gasteiger partial charge in [-0.05, 0) is 6.07 Å². The van der Waals surface area contributed by atoms with E-state index < -0.39 is 60.3 Å². The van der Waals surface area contributed by atoms with Crippen LogP contribution in [0.4, 0.5) is 5.82 Å². The van der Waals surface area contributed by atoms with Crippen molar-refractivity contribution < 1.29 is 61.4 Å². The van der Waals surface area contributed by atoms with Gasteiger partial charge in [-0.1, -0.05) is 0 Å². The fourth-order valence-corrected chi connectivity index (χ4v) is 5.19. The van der Waals surface area contributed by atoms with Crippen LogP contribution in [-0.2, 0) is 31.6 Å². The molecular weight excluding hydrogens is 479 g/mol. The van der Waals surface area contributed by atoms with Crippen LogP contribution < -0.4 is 25.7 Å². The number of rotatable bonds is 9. The van der Waals surface area contributed by atoms with Gasteiger partial charge in [-0.3, -0.25) is 18.3 Å². The standard InChI is InChI=1S/C10H18N3O14P3/c1-11-6-2-3-13(10(16)12-6)9-8(15)7(14)5(25-9)4-24-29(20,21)27-30(22,23)26-28(17,18)19/h2-3,5,7-9,14-15H,4H2,1H3,(H,20,21)(H,22,23)(H,11,12,16)(H2,17,18,19)/p-3/t5-,7?,8+,9-/m1/s1. The third-order valence-corrected chi connectivity index (χ3v) is 7.19. The molecule has 0 radical (unpaired) electrons. The number of aromatic nitrogens is 2. The Labute approximate surface area is 167 Å². The van der Waals surface area contributed by atoms with Crippen LogP contribution in [0.15, 0.2) is 17.1 Å². The lowest BCUT2D eigenvalue weighted by atomic mass is 10.1. The molecule has 2 heterocycles. The Balaban J connectivity index is 2.06. The first-order valence-electron chi connectivity index (χ1n) is 7.66. The molecule has 0 saturated carbocycles. The summed E-state index contributed by atoms with van der Waals surface area (Å²) in [5.74, 6) is 0.198. The van der Waals surface area contributed by atoms with Crippen molar-refractivity contribution in [3.8, 4) is 0 Å². The van der Waals surface area contributed by atoms with Crippen molar-refractivity contribution in [3.63, 3.8) is 0 Å². The number of nitrogens with zero attached hydrogens (tertiary/aromatic N) is 2. The Hall–Kier alpha value is -1.03. The molecule has 1 aliphatic rings. The number of aliphatic hydroxyl groups excluding tert-OH is 2. The van der Waals surface area contributed by atoms with Crippen molar-refractivity contribution in [2.45, 2.75) is 24.5 Å². The van der Waals surface area contributed by atoms with E-state index in [1.165, 1.54) is 19.3 Å². The number of phosphoric acid groups is 3. The zero-order valence-electron chi connectivity index (χ0n) is 14.7. The monoisotopic (exact) mass is 494 g/mol. The predicted octanol–water partition coefficient (Wildman–Crippen LogP) is -3.65. The van der Waals surface area contributed by atoms with Crippen LogP contribution in [0.25, 0.3) is 0 Å². The first-order chi connectivity index (χ1) is 13.6. The normalized spacial score (nSPS) is 30.2. The lowest BCUT2D eigenvalue weighted by molar-refractivity contribution is -0.250. The Kier molecular flexibility index (Phi) is 7.76. The number of nitrogens with one attached hydrogen (secondary N) is 1. The molecule has 0 aliphatic carbocycles. The third kappa shape index (κ3) is 6.73. The second-order valence-corrected chi connectivity index (χ2v) is 9.91. The summed E-state index contributed by atoms with van der Waals surface area (Å²) in [6.07, 6.45) is -5.45. The van der Waals surface area contributed by atoms with Crippen molar-refractivity contribution >= 4 is 29.3 Å². The van der Waals surface area contributed by atoms with Crippen molar-refractivity contribution in [1.82, 2.24) is 9.55 Å². The number of ether oxygens (including phenoxy) is 1. The summed E-state index contributed by atoms with van der Waals surface area (Å²) in [5, 5.41) is 22.6. The highest BCUT2D eigenvalue weighted by molar-refractivity contribution is 7.65. The van der Waals surface area contributed by atoms with Gasteiger partial charge in [0, 0.05) is 13.2 Å². The van der Waals surface area contributed by atoms with Gasteiger partial charge in [-0.15, -0.1) is 0 Å². The van der Waals surface area contributed by atoms with Gasteiger partial charge in [0.2, 0.25) is 0 Å². The first kappa shape index (κ1) is 25.2. The maximum absolute atomic E-state index is 12.0.